The zero-order valence-electron chi connectivity index (χ0n) is 10.7. The third kappa shape index (κ3) is 2.06. The number of fused-ring (bicyclic) bond motifs is 1. The van der Waals surface area contributed by atoms with E-state index in [4.69, 9.17) is 0 Å². The lowest BCUT2D eigenvalue weighted by Crippen LogP contribution is -2.32. The van der Waals surface area contributed by atoms with Crippen LogP contribution in [-0.2, 0) is 12.8 Å². The van der Waals surface area contributed by atoms with Gasteiger partial charge >= 0.3 is 0 Å². The molecule has 0 atom stereocenters. The van der Waals surface area contributed by atoms with Crippen LogP contribution in [-0.4, -0.2) is 10.4 Å². The van der Waals surface area contributed by atoms with Crippen LogP contribution in [0.1, 0.15) is 61.3 Å². The van der Waals surface area contributed by atoms with E-state index in [0.717, 1.165) is 31.4 Å². The molecule has 1 aliphatic carbocycles. The highest BCUT2D eigenvalue weighted by atomic mass is 16.1. The molecule has 0 aliphatic heterocycles. The van der Waals surface area contributed by atoms with Crippen LogP contribution >= 0.6 is 0 Å². The molecule has 0 fully saturated rings. The van der Waals surface area contributed by atoms with Crippen molar-refractivity contribution in [2.75, 3.05) is 0 Å². The summed E-state index contributed by atoms with van der Waals surface area (Å²) >= 11 is 0. The summed E-state index contributed by atoms with van der Waals surface area (Å²) < 4.78 is 1.81. The van der Waals surface area contributed by atoms with Crippen LogP contribution in [0.5, 0.6) is 0 Å². The molecule has 1 heterocycles. The lowest BCUT2D eigenvalue weighted by Gasteiger charge is -2.24. The molecule has 0 aromatic carbocycles. The molecule has 0 unspecified atom stereocenters. The van der Waals surface area contributed by atoms with E-state index >= 15 is 0 Å². The first kappa shape index (κ1) is 12.1. The van der Waals surface area contributed by atoms with Gasteiger partial charge in [0.15, 0.2) is 5.78 Å². The van der Waals surface area contributed by atoms with Crippen molar-refractivity contribution >= 4 is 5.78 Å². The fourth-order valence-corrected chi connectivity index (χ4v) is 2.63. The number of aryl methyl sites for hydroxylation is 1. The van der Waals surface area contributed by atoms with Gasteiger partial charge in [0, 0.05) is 11.7 Å². The summed E-state index contributed by atoms with van der Waals surface area (Å²) in [6, 6.07) is 1.94. The number of rotatable bonds is 2. The molecule has 1 aromatic rings. The molecule has 0 bridgehead atoms. The van der Waals surface area contributed by atoms with Crippen molar-refractivity contribution < 1.29 is 4.79 Å². The van der Waals surface area contributed by atoms with Crippen molar-refractivity contribution in [3.8, 4) is 0 Å². The minimum atomic E-state index is -0.127. The molecule has 0 radical (unpaired) electrons. The van der Waals surface area contributed by atoms with Gasteiger partial charge in [0.1, 0.15) is 0 Å². The molecule has 1 aliphatic rings. The number of pyridine rings is 1. The molecule has 2 rings (SSSR count). The molecular formula is C14H19NO2. The van der Waals surface area contributed by atoms with Crippen molar-refractivity contribution in [1.82, 2.24) is 4.57 Å². The molecule has 3 heteroatoms. The first-order valence-corrected chi connectivity index (χ1v) is 6.30. The highest BCUT2D eigenvalue weighted by Gasteiger charge is 2.20. The maximum absolute atomic E-state index is 12.3. The highest BCUT2D eigenvalue weighted by Crippen LogP contribution is 2.23. The van der Waals surface area contributed by atoms with Crippen LogP contribution in [0.25, 0.3) is 0 Å². The predicted octanol–water partition coefficient (Wildman–Crippen LogP) is 2.51. The van der Waals surface area contributed by atoms with Gasteiger partial charge in [0.2, 0.25) is 0 Å². The van der Waals surface area contributed by atoms with E-state index in [-0.39, 0.29) is 17.4 Å². The molecule has 0 spiro atoms. The first-order valence-electron chi connectivity index (χ1n) is 6.30. The Labute approximate surface area is 101 Å². The second kappa shape index (κ2) is 4.47. The van der Waals surface area contributed by atoms with E-state index in [9.17, 15) is 9.59 Å². The Morgan fingerprint density at radius 3 is 2.53 bits per heavy atom. The number of aromatic nitrogens is 1. The van der Waals surface area contributed by atoms with Crippen LogP contribution in [0, 0.1) is 0 Å². The maximum Gasteiger partial charge on any atom is 0.261 e. The zero-order chi connectivity index (χ0) is 12.6. The molecular weight excluding hydrogens is 214 g/mol. The Morgan fingerprint density at radius 2 is 1.94 bits per heavy atom. The number of hydrogen-bond donors (Lipinski definition) is 0. The summed E-state index contributed by atoms with van der Waals surface area (Å²) in [5.74, 6) is -0.127. The van der Waals surface area contributed by atoms with Gasteiger partial charge in [-0.1, -0.05) is 0 Å². The third-order valence-electron chi connectivity index (χ3n) is 3.43. The average molecular weight is 233 g/mol. The predicted molar refractivity (Wildman–Crippen MR) is 67.7 cm³/mol. The van der Waals surface area contributed by atoms with Gasteiger partial charge in [-0.3, -0.25) is 9.59 Å². The number of nitrogens with zero attached hydrogens (tertiary/aromatic N) is 1. The quantitative estimate of drug-likeness (QED) is 0.736. The monoisotopic (exact) mass is 233 g/mol. The number of Topliss-reactive ketones (excluding diaryl/α,β-unsaturated/α-hetero) is 1. The highest BCUT2D eigenvalue weighted by molar-refractivity contribution is 5.93. The molecule has 92 valence electrons. The second-order valence-electron chi connectivity index (χ2n) is 5.06. The van der Waals surface area contributed by atoms with E-state index < -0.39 is 0 Å². The summed E-state index contributed by atoms with van der Waals surface area (Å²) in [4.78, 5) is 23.8. The van der Waals surface area contributed by atoms with Crippen molar-refractivity contribution in [2.24, 2.45) is 0 Å². The zero-order valence-corrected chi connectivity index (χ0v) is 10.7. The van der Waals surface area contributed by atoms with Gasteiger partial charge in [-0.05, 0) is 58.1 Å². The topological polar surface area (TPSA) is 39.1 Å². The van der Waals surface area contributed by atoms with E-state index in [2.05, 4.69) is 0 Å². The van der Waals surface area contributed by atoms with Gasteiger partial charge in [-0.2, -0.15) is 0 Å². The van der Waals surface area contributed by atoms with Crippen LogP contribution in [0.3, 0.4) is 0 Å². The lowest BCUT2D eigenvalue weighted by atomic mass is 9.93. The lowest BCUT2D eigenvalue weighted by molar-refractivity contribution is 0.101. The van der Waals surface area contributed by atoms with Gasteiger partial charge in [0.05, 0.1) is 5.56 Å². The molecule has 0 amide bonds. The van der Waals surface area contributed by atoms with E-state index in [1.54, 1.807) is 0 Å². The Balaban J connectivity index is 2.73. The van der Waals surface area contributed by atoms with E-state index in [1.165, 1.54) is 12.5 Å². The Hall–Kier alpha value is -1.38. The number of carbonyl (C=O) groups excluding carboxylic acids is 1. The average Bonchev–Trinajstić information content (AvgIpc) is 2.27. The standard InChI is InChI=1S/C14H19NO2/c1-9(2)15-13-7-5-4-6-11(13)8-12(10(3)16)14(15)17/h8-9H,4-7H2,1-3H3. The number of hydrogen-bond acceptors (Lipinski definition) is 2. The molecule has 0 saturated heterocycles. The Morgan fingerprint density at radius 1 is 1.29 bits per heavy atom. The van der Waals surface area contributed by atoms with Crippen LogP contribution < -0.4 is 5.56 Å². The Kier molecular flexibility index (Phi) is 3.18. The summed E-state index contributed by atoms with van der Waals surface area (Å²) in [5, 5.41) is 0. The molecule has 0 N–H and O–H groups in total. The smallest absolute Gasteiger partial charge is 0.261 e. The Bertz CT molecular complexity index is 512. The second-order valence-corrected chi connectivity index (χ2v) is 5.06. The maximum atomic E-state index is 12.3. The van der Waals surface area contributed by atoms with Gasteiger partial charge < -0.3 is 4.57 Å². The molecule has 1 aromatic heterocycles. The fourth-order valence-electron chi connectivity index (χ4n) is 2.63. The van der Waals surface area contributed by atoms with Crippen LogP contribution in [0.2, 0.25) is 0 Å². The van der Waals surface area contributed by atoms with Crippen LogP contribution in [0.15, 0.2) is 10.9 Å². The minimum Gasteiger partial charge on any atom is -0.309 e. The number of ketones is 1. The van der Waals surface area contributed by atoms with Gasteiger partial charge in [-0.25, -0.2) is 0 Å². The third-order valence-corrected chi connectivity index (χ3v) is 3.43. The minimum absolute atomic E-state index is 0.117. The first-order chi connectivity index (χ1) is 8.02. The molecule has 17 heavy (non-hydrogen) atoms. The van der Waals surface area contributed by atoms with Crippen molar-refractivity contribution in [3.63, 3.8) is 0 Å². The van der Waals surface area contributed by atoms with Gasteiger partial charge in [0.25, 0.3) is 5.56 Å². The summed E-state index contributed by atoms with van der Waals surface area (Å²) in [5.41, 5.74) is 2.56. The van der Waals surface area contributed by atoms with Crippen molar-refractivity contribution in [1.29, 1.82) is 0 Å². The van der Waals surface area contributed by atoms with Crippen molar-refractivity contribution in [3.05, 3.63) is 33.2 Å². The van der Waals surface area contributed by atoms with E-state index in [0.29, 0.717) is 5.56 Å². The molecule has 3 nitrogen and oxygen atoms in total. The largest absolute Gasteiger partial charge is 0.309 e. The fraction of sp³-hybridized carbons (Fsp3) is 0.571. The van der Waals surface area contributed by atoms with E-state index in [1.807, 2.05) is 24.5 Å². The summed E-state index contributed by atoms with van der Waals surface area (Å²) in [6.07, 6.45) is 4.24. The SMILES string of the molecule is CC(=O)c1cc2c(n(C(C)C)c1=O)CCCC2. The van der Waals surface area contributed by atoms with Crippen LogP contribution in [0.4, 0.5) is 0 Å². The molecule has 0 saturated carbocycles. The summed E-state index contributed by atoms with van der Waals surface area (Å²) in [7, 11) is 0. The van der Waals surface area contributed by atoms with Crippen molar-refractivity contribution in [2.45, 2.75) is 52.5 Å². The number of carbonyl (C=O) groups is 1. The normalized spacial score (nSPS) is 14.8. The summed E-state index contributed by atoms with van der Waals surface area (Å²) in [6.45, 7) is 5.47. The van der Waals surface area contributed by atoms with Gasteiger partial charge in [-0.15, -0.1) is 0 Å².